The van der Waals surface area contributed by atoms with Crippen molar-refractivity contribution < 1.29 is 13.9 Å². The van der Waals surface area contributed by atoms with E-state index in [0.29, 0.717) is 6.61 Å². The van der Waals surface area contributed by atoms with Crippen molar-refractivity contribution in [3.8, 4) is 0 Å². The third kappa shape index (κ3) is 4.33. The Bertz CT molecular complexity index is 409. The van der Waals surface area contributed by atoms with E-state index in [4.69, 9.17) is 4.74 Å². The molecular weight excluding hydrogens is 369 g/mol. The maximum atomic E-state index is 13.3. The third-order valence-electron chi connectivity index (χ3n) is 2.36. The molecule has 1 rings (SSSR count). The van der Waals surface area contributed by atoms with Gasteiger partial charge in [-0.2, -0.15) is 0 Å². The van der Waals surface area contributed by atoms with Crippen LogP contribution in [0.5, 0.6) is 0 Å². The first-order valence-corrected chi connectivity index (χ1v) is 7.31. The number of hydrogen-bond donors (Lipinski definition) is 1. The third-order valence-corrected chi connectivity index (χ3v) is 3.62. The molecule has 3 nitrogen and oxygen atoms in total. The number of amides is 1. The van der Waals surface area contributed by atoms with Crippen molar-refractivity contribution in [2.24, 2.45) is 0 Å². The molecule has 0 aliphatic carbocycles. The van der Waals surface area contributed by atoms with Crippen LogP contribution in [-0.4, -0.2) is 31.0 Å². The van der Waals surface area contributed by atoms with Gasteiger partial charge in [0.2, 0.25) is 0 Å². The second-order valence-corrected chi connectivity index (χ2v) is 5.29. The van der Waals surface area contributed by atoms with Crippen LogP contribution in [-0.2, 0) is 4.74 Å². The molecule has 0 aliphatic heterocycles. The average Bonchev–Trinajstić information content (AvgIpc) is 2.33. The summed E-state index contributed by atoms with van der Waals surface area (Å²) in [6.07, 6.45) is 0.743. The molecule has 0 saturated heterocycles. The van der Waals surface area contributed by atoms with Crippen molar-refractivity contribution in [1.29, 1.82) is 0 Å². The van der Waals surface area contributed by atoms with Crippen molar-refractivity contribution in [1.82, 2.24) is 5.32 Å². The van der Waals surface area contributed by atoms with E-state index in [2.05, 4.69) is 37.2 Å². The fraction of sp³-hybridized carbons (Fsp3) is 0.417. The van der Waals surface area contributed by atoms with Gasteiger partial charge in [0.15, 0.2) is 0 Å². The van der Waals surface area contributed by atoms with Crippen LogP contribution in [0.1, 0.15) is 16.8 Å². The molecule has 18 heavy (non-hydrogen) atoms. The van der Waals surface area contributed by atoms with Crippen LogP contribution in [0, 0.1) is 5.82 Å². The Labute approximate surface area is 122 Å². The van der Waals surface area contributed by atoms with Gasteiger partial charge >= 0.3 is 0 Å². The largest absolute Gasteiger partial charge is 0.383 e. The van der Waals surface area contributed by atoms with Crippen LogP contribution in [0.15, 0.2) is 22.7 Å². The number of alkyl halides is 1. The fourth-order valence-corrected chi connectivity index (χ4v) is 2.47. The number of halogens is 3. The Morgan fingerprint density at radius 2 is 2.28 bits per heavy atom. The van der Waals surface area contributed by atoms with Crippen molar-refractivity contribution >= 4 is 37.8 Å². The zero-order valence-electron chi connectivity index (χ0n) is 9.88. The SMILES string of the molecule is COCC(CCBr)NC(=O)c1cccc(F)c1Br. The van der Waals surface area contributed by atoms with Crippen LogP contribution >= 0.6 is 31.9 Å². The maximum Gasteiger partial charge on any atom is 0.252 e. The molecule has 100 valence electrons. The van der Waals surface area contributed by atoms with Gasteiger partial charge in [-0.05, 0) is 34.5 Å². The van der Waals surface area contributed by atoms with Gasteiger partial charge in [-0.15, -0.1) is 0 Å². The predicted octanol–water partition coefficient (Wildman–Crippen LogP) is 3.12. The van der Waals surface area contributed by atoms with E-state index in [9.17, 15) is 9.18 Å². The molecule has 1 N–H and O–H groups in total. The first kappa shape index (κ1) is 15.6. The monoisotopic (exact) mass is 381 g/mol. The number of ether oxygens (including phenoxy) is 1. The van der Waals surface area contributed by atoms with Crippen LogP contribution in [0.4, 0.5) is 4.39 Å². The Kier molecular flexibility index (Phi) is 6.81. The molecular formula is C12H14Br2FNO2. The summed E-state index contributed by atoms with van der Waals surface area (Å²) in [4.78, 5) is 12.0. The zero-order valence-corrected chi connectivity index (χ0v) is 13.1. The first-order valence-electron chi connectivity index (χ1n) is 5.40. The molecule has 1 unspecified atom stereocenters. The van der Waals surface area contributed by atoms with Gasteiger partial charge in [0.05, 0.1) is 22.7 Å². The highest BCUT2D eigenvalue weighted by atomic mass is 79.9. The number of methoxy groups -OCH3 is 1. The van der Waals surface area contributed by atoms with Gasteiger partial charge in [-0.3, -0.25) is 4.79 Å². The summed E-state index contributed by atoms with van der Waals surface area (Å²) >= 11 is 6.39. The van der Waals surface area contributed by atoms with E-state index in [1.165, 1.54) is 12.1 Å². The number of carbonyl (C=O) groups excluding carboxylic acids is 1. The molecule has 0 radical (unpaired) electrons. The van der Waals surface area contributed by atoms with Crippen molar-refractivity contribution in [3.63, 3.8) is 0 Å². The minimum absolute atomic E-state index is 0.1000. The van der Waals surface area contributed by atoms with Crippen molar-refractivity contribution in [3.05, 3.63) is 34.1 Å². The predicted molar refractivity (Wildman–Crippen MR) is 75.6 cm³/mol. The van der Waals surface area contributed by atoms with Gasteiger partial charge in [0.1, 0.15) is 5.82 Å². The number of carbonyl (C=O) groups is 1. The molecule has 0 aromatic heterocycles. The standard InChI is InChI=1S/C12H14Br2FNO2/c1-18-7-8(5-6-13)16-12(17)9-3-2-4-10(15)11(9)14/h2-4,8H,5-7H2,1H3,(H,16,17). The molecule has 0 spiro atoms. The summed E-state index contributed by atoms with van der Waals surface area (Å²) < 4.78 is 18.5. The van der Waals surface area contributed by atoms with E-state index in [1.54, 1.807) is 13.2 Å². The maximum absolute atomic E-state index is 13.3. The normalized spacial score (nSPS) is 12.2. The summed E-state index contributed by atoms with van der Waals surface area (Å²) in [5, 5.41) is 3.57. The second kappa shape index (κ2) is 7.86. The van der Waals surface area contributed by atoms with Crippen molar-refractivity contribution in [2.75, 3.05) is 19.0 Å². The smallest absolute Gasteiger partial charge is 0.252 e. The first-order chi connectivity index (χ1) is 8.60. The topological polar surface area (TPSA) is 38.3 Å². The Hall–Kier alpha value is -0.460. The Morgan fingerprint density at radius 3 is 2.89 bits per heavy atom. The van der Waals surface area contributed by atoms with Gasteiger partial charge in [0, 0.05) is 12.4 Å². The summed E-state index contributed by atoms with van der Waals surface area (Å²) in [5.74, 6) is -0.768. The average molecular weight is 383 g/mol. The van der Waals surface area contributed by atoms with Crippen LogP contribution in [0.3, 0.4) is 0 Å². The highest BCUT2D eigenvalue weighted by Crippen LogP contribution is 2.20. The Morgan fingerprint density at radius 1 is 1.56 bits per heavy atom. The van der Waals surface area contributed by atoms with Crippen LogP contribution < -0.4 is 5.32 Å². The zero-order chi connectivity index (χ0) is 13.5. The molecule has 1 aromatic carbocycles. The van der Waals surface area contributed by atoms with E-state index < -0.39 is 5.82 Å². The fourth-order valence-electron chi connectivity index (χ4n) is 1.47. The minimum Gasteiger partial charge on any atom is -0.383 e. The van der Waals surface area contributed by atoms with E-state index in [1.807, 2.05) is 0 Å². The molecule has 1 amide bonds. The highest BCUT2D eigenvalue weighted by Gasteiger charge is 2.16. The number of nitrogens with one attached hydrogen (secondary N) is 1. The highest BCUT2D eigenvalue weighted by molar-refractivity contribution is 9.10. The van der Waals surface area contributed by atoms with Crippen LogP contribution in [0.25, 0.3) is 0 Å². The van der Waals surface area contributed by atoms with Gasteiger partial charge in [-0.1, -0.05) is 22.0 Å². The van der Waals surface area contributed by atoms with E-state index in [-0.39, 0.29) is 22.0 Å². The Balaban J connectivity index is 2.77. The minimum atomic E-state index is -0.452. The van der Waals surface area contributed by atoms with Gasteiger partial charge in [-0.25, -0.2) is 4.39 Å². The molecule has 0 aliphatic rings. The lowest BCUT2D eigenvalue weighted by Gasteiger charge is -2.17. The molecule has 0 heterocycles. The summed E-state index contributed by atoms with van der Waals surface area (Å²) in [6, 6.07) is 4.27. The lowest BCUT2D eigenvalue weighted by Crippen LogP contribution is -2.38. The number of benzene rings is 1. The molecule has 1 aromatic rings. The van der Waals surface area contributed by atoms with Crippen LogP contribution in [0.2, 0.25) is 0 Å². The summed E-state index contributed by atoms with van der Waals surface area (Å²) in [6.45, 7) is 0.421. The van der Waals surface area contributed by atoms with Gasteiger partial charge < -0.3 is 10.1 Å². The summed E-state index contributed by atoms with van der Waals surface area (Å²) in [7, 11) is 1.57. The lowest BCUT2D eigenvalue weighted by atomic mass is 10.1. The lowest BCUT2D eigenvalue weighted by molar-refractivity contribution is 0.0894. The molecule has 1 atom stereocenters. The molecule has 0 bridgehead atoms. The molecule has 0 saturated carbocycles. The van der Waals surface area contributed by atoms with E-state index in [0.717, 1.165) is 11.8 Å². The summed E-state index contributed by atoms with van der Waals surface area (Å²) in [5.41, 5.74) is 0.283. The molecule has 0 fully saturated rings. The second-order valence-electron chi connectivity index (χ2n) is 3.70. The quantitative estimate of drug-likeness (QED) is 0.767. The van der Waals surface area contributed by atoms with E-state index >= 15 is 0 Å². The number of rotatable bonds is 6. The molecule has 6 heteroatoms. The van der Waals surface area contributed by atoms with Crippen molar-refractivity contribution in [2.45, 2.75) is 12.5 Å². The number of hydrogen-bond acceptors (Lipinski definition) is 2. The van der Waals surface area contributed by atoms with Gasteiger partial charge in [0.25, 0.3) is 5.91 Å².